The van der Waals surface area contributed by atoms with Gasteiger partial charge in [-0.2, -0.15) is 0 Å². The highest BCUT2D eigenvalue weighted by atomic mass is 16.4. The third kappa shape index (κ3) is 2.03. The van der Waals surface area contributed by atoms with Crippen LogP contribution >= 0.6 is 0 Å². The molecule has 1 aliphatic carbocycles. The molecule has 3 heteroatoms. The molecule has 0 aliphatic heterocycles. The number of hydrogen-bond donors (Lipinski definition) is 0. The summed E-state index contributed by atoms with van der Waals surface area (Å²) < 4.78 is 0. The summed E-state index contributed by atoms with van der Waals surface area (Å²) in [6, 6.07) is 9.34. The molecule has 0 N–H and O–H groups in total. The predicted octanol–water partition coefficient (Wildman–Crippen LogP) is 0.809. The monoisotopic (exact) mass is 215 g/mol. The van der Waals surface area contributed by atoms with Gasteiger partial charge in [0.15, 0.2) is 5.78 Å². The van der Waals surface area contributed by atoms with Crippen LogP contribution in [0.25, 0.3) is 0 Å². The molecule has 2 rings (SSSR count). The van der Waals surface area contributed by atoms with Gasteiger partial charge in [0.25, 0.3) is 0 Å². The molecule has 16 heavy (non-hydrogen) atoms. The Hall–Kier alpha value is -1.90. The van der Waals surface area contributed by atoms with Crippen LogP contribution in [0.3, 0.4) is 0 Å². The second-order valence-electron chi connectivity index (χ2n) is 3.86. The summed E-state index contributed by atoms with van der Waals surface area (Å²) in [6.07, 6.45) is 2.15. The molecule has 1 aromatic rings. The molecule has 0 radical (unpaired) electrons. The largest absolute Gasteiger partial charge is 0.545 e. The Morgan fingerprint density at radius 3 is 2.56 bits per heavy atom. The van der Waals surface area contributed by atoms with E-state index in [-0.39, 0.29) is 17.3 Å². The van der Waals surface area contributed by atoms with Crippen molar-refractivity contribution in [3.05, 3.63) is 47.5 Å². The number of ketones is 1. The van der Waals surface area contributed by atoms with Crippen molar-refractivity contribution in [1.82, 2.24) is 0 Å². The SMILES string of the molecule is O=C1C=C(C(=O)[O-])C(c2ccccc2)CC1. The highest BCUT2D eigenvalue weighted by Gasteiger charge is 2.23. The van der Waals surface area contributed by atoms with Crippen LogP contribution in [0.1, 0.15) is 24.3 Å². The van der Waals surface area contributed by atoms with Gasteiger partial charge in [0.05, 0.1) is 5.97 Å². The van der Waals surface area contributed by atoms with Gasteiger partial charge in [-0.05, 0) is 23.6 Å². The van der Waals surface area contributed by atoms with Gasteiger partial charge in [-0.3, -0.25) is 4.79 Å². The maximum Gasteiger partial charge on any atom is 0.156 e. The second-order valence-corrected chi connectivity index (χ2v) is 3.86. The maximum absolute atomic E-state index is 11.2. The second kappa shape index (κ2) is 4.31. The van der Waals surface area contributed by atoms with E-state index in [1.807, 2.05) is 30.3 Å². The number of hydrogen-bond acceptors (Lipinski definition) is 3. The van der Waals surface area contributed by atoms with Gasteiger partial charge >= 0.3 is 0 Å². The molecule has 1 aromatic carbocycles. The molecule has 0 aromatic heterocycles. The standard InChI is InChI=1S/C13H12O3/c14-10-6-7-11(12(8-10)13(15)16)9-4-2-1-3-5-9/h1-5,8,11H,6-7H2,(H,15,16)/p-1. The van der Waals surface area contributed by atoms with Gasteiger partial charge in [-0.25, -0.2) is 0 Å². The Kier molecular flexibility index (Phi) is 2.86. The summed E-state index contributed by atoms with van der Waals surface area (Å²) in [5.41, 5.74) is 1.02. The van der Waals surface area contributed by atoms with Crippen molar-refractivity contribution in [2.24, 2.45) is 0 Å². The Morgan fingerprint density at radius 1 is 1.25 bits per heavy atom. The van der Waals surface area contributed by atoms with Gasteiger partial charge in [0.2, 0.25) is 0 Å². The number of allylic oxidation sites excluding steroid dienone is 1. The Morgan fingerprint density at radius 2 is 1.94 bits per heavy atom. The number of benzene rings is 1. The fourth-order valence-corrected chi connectivity index (χ4v) is 2.02. The van der Waals surface area contributed by atoms with Gasteiger partial charge in [-0.1, -0.05) is 30.3 Å². The summed E-state index contributed by atoms with van der Waals surface area (Å²) in [6.45, 7) is 0. The highest BCUT2D eigenvalue weighted by molar-refractivity contribution is 6.00. The molecule has 0 spiro atoms. The lowest BCUT2D eigenvalue weighted by atomic mass is 9.82. The average molecular weight is 215 g/mol. The Balaban J connectivity index is 2.38. The summed E-state index contributed by atoms with van der Waals surface area (Å²) in [5.74, 6) is -1.60. The molecular formula is C13H11O3-. The first kappa shape index (κ1) is 10.6. The number of carboxylic acid groups (broad SMARTS) is 1. The van der Waals surface area contributed by atoms with Crippen LogP contribution in [0.5, 0.6) is 0 Å². The zero-order valence-corrected chi connectivity index (χ0v) is 8.68. The first-order chi connectivity index (χ1) is 7.68. The third-order valence-corrected chi connectivity index (χ3v) is 2.81. The Bertz CT molecular complexity index is 446. The lowest BCUT2D eigenvalue weighted by Gasteiger charge is -2.24. The van der Waals surface area contributed by atoms with Gasteiger partial charge in [0, 0.05) is 12.3 Å². The van der Waals surface area contributed by atoms with Crippen molar-refractivity contribution >= 4 is 11.8 Å². The van der Waals surface area contributed by atoms with Crippen molar-refractivity contribution in [1.29, 1.82) is 0 Å². The molecule has 1 unspecified atom stereocenters. The lowest BCUT2D eigenvalue weighted by molar-refractivity contribution is -0.299. The summed E-state index contributed by atoms with van der Waals surface area (Å²) in [7, 11) is 0. The molecule has 1 atom stereocenters. The number of carbonyl (C=O) groups excluding carboxylic acids is 2. The number of carboxylic acids is 1. The average Bonchev–Trinajstić information content (AvgIpc) is 2.30. The van der Waals surface area contributed by atoms with E-state index in [4.69, 9.17) is 0 Å². The lowest BCUT2D eigenvalue weighted by Crippen LogP contribution is -2.30. The van der Waals surface area contributed by atoms with Crippen LogP contribution in [0.2, 0.25) is 0 Å². The van der Waals surface area contributed by atoms with Crippen molar-refractivity contribution in [3.63, 3.8) is 0 Å². The van der Waals surface area contributed by atoms with Crippen LogP contribution in [-0.2, 0) is 9.59 Å². The number of carbonyl (C=O) groups is 2. The molecular weight excluding hydrogens is 204 g/mol. The first-order valence-electron chi connectivity index (χ1n) is 5.19. The number of rotatable bonds is 2. The van der Waals surface area contributed by atoms with Gasteiger partial charge < -0.3 is 9.90 Å². The molecule has 3 nitrogen and oxygen atoms in total. The Labute approximate surface area is 93.4 Å². The first-order valence-corrected chi connectivity index (χ1v) is 5.19. The van der Waals surface area contributed by atoms with Crippen molar-refractivity contribution in [3.8, 4) is 0 Å². The van der Waals surface area contributed by atoms with Crippen molar-refractivity contribution in [2.75, 3.05) is 0 Å². The summed E-state index contributed by atoms with van der Waals surface area (Å²) in [4.78, 5) is 22.1. The molecule has 0 amide bonds. The molecule has 0 fully saturated rings. The van der Waals surface area contributed by atoms with E-state index in [0.29, 0.717) is 12.8 Å². The van der Waals surface area contributed by atoms with E-state index in [1.165, 1.54) is 6.08 Å². The topological polar surface area (TPSA) is 57.2 Å². The minimum atomic E-state index is -1.25. The maximum atomic E-state index is 11.2. The molecule has 0 saturated heterocycles. The van der Waals surface area contributed by atoms with Crippen LogP contribution in [0, 0.1) is 0 Å². The normalized spacial score (nSPS) is 20.4. The van der Waals surface area contributed by atoms with Gasteiger partial charge in [-0.15, -0.1) is 0 Å². The minimum absolute atomic E-state index is 0.0995. The van der Waals surface area contributed by atoms with Crippen LogP contribution in [0.15, 0.2) is 42.0 Å². The number of aliphatic carboxylic acids is 1. The van der Waals surface area contributed by atoms with E-state index < -0.39 is 5.97 Å². The molecule has 0 heterocycles. The molecule has 0 bridgehead atoms. The van der Waals surface area contributed by atoms with Crippen molar-refractivity contribution in [2.45, 2.75) is 18.8 Å². The van der Waals surface area contributed by atoms with Crippen LogP contribution < -0.4 is 5.11 Å². The van der Waals surface area contributed by atoms with Crippen LogP contribution in [0.4, 0.5) is 0 Å². The highest BCUT2D eigenvalue weighted by Crippen LogP contribution is 2.32. The zero-order chi connectivity index (χ0) is 11.5. The van der Waals surface area contributed by atoms with Gasteiger partial charge in [0.1, 0.15) is 0 Å². The predicted molar refractivity (Wildman–Crippen MR) is 56.5 cm³/mol. The van der Waals surface area contributed by atoms with E-state index in [2.05, 4.69) is 0 Å². The third-order valence-electron chi connectivity index (χ3n) is 2.81. The summed E-state index contributed by atoms with van der Waals surface area (Å²) in [5, 5.41) is 11.0. The van der Waals surface area contributed by atoms with E-state index >= 15 is 0 Å². The summed E-state index contributed by atoms with van der Waals surface area (Å²) >= 11 is 0. The van der Waals surface area contributed by atoms with E-state index in [9.17, 15) is 14.7 Å². The smallest absolute Gasteiger partial charge is 0.156 e. The molecule has 1 aliphatic rings. The fraction of sp³-hybridized carbons (Fsp3) is 0.231. The van der Waals surface area contributed by atoms with E-state index in [0.717, 1.165) is 5.56 Å². The quantitative estimate of drug-likeness (QED) is 0.733. The minimum Gasteiger partial charge on any atom is -0.545 e. The molecule has 0 saturated carbocycles. The fourth-order valence-electron chi connectivity index (χ4n) is 2.02. The van der Waals surface area contributed by atoms with E-state index in [1.54, 1.807) is 0 Å². The molecule has 82 valence electrons. The zero-order valence-electron chi connectivity index (χ0n) is 8.68. The van der Waals surface area contributed by atoms with Crippen LogP contribution in [-0.4, -0.2) is 11.8 Å². The van der Waals surface area contributed by atoms with Crippen molar-refractivity contribution < 1.29 is 14.7 Å².